The van der Waals surface area contributed by atoms with Crippen LogP contribution in [0, 0.1) is 0 Å². The highest BCUT2D eigenvalue weighted by Crippen LogP contribution is 2.31. The van der Waals surface area contributed by atoms with Crippen molar-refractivity contribution in [1.82, 2.24) is 19.7 Å². The topological polar surface area (TPSA) is 127 Å². The molecule has 37 heavy (non-hydrogen) atoms. The minimum absolute atomic E-state index is 0.200. The van der Waals surface area contributed by atoms with E-state index in [0.29, 0.717) is 54.3 Å². The van der Waals surface area contributed by atoms with E-state index in [1.54, 1.807) is 30.5 Å². The van der Waals surface area contributed by atoms with Crippen molar-refractivity contribution < 1.29 is 17.9 Å². The molecule has 0 aliphatic carbocycles. The number of ether oxygens (including phenoxy) is 2. The number of fused-ring (bicyclic) bond motifs is 2. The Labute approximate surface area is 214 Å². The maximum Gasteiger partial charge on any atom is 0.282 e. The Bertz CT molecular complexity index is 1610. The highest BCUT2D eigenvalue weighted by molar-refractivity contribution is 7.89. The van der Waals surface area contributed by atoms with Crippen molar-refractivity contribution in [3.8, 4) is 11.5 Å². The average molecular weight is 522 g/mol. The van der Waals surface area contributed by atoms with Gasteiger partial charge in [-0.3, -0.25) is 9.78 Å². The van der Waals surface area contributed by atoms with Gasteiger partial charge in [0.1, 0.15) is 0 Å². The Hall–Kier alpha value is -3.96. The summed E-state index contributed by atoms with van der Waals surface area (Å²) in [6, 6.07) is 14.0. The molecule has 5 rings (SSSR count). The summed E-state index contributed by atoms with van der Waals surface area (Å²) < 4.78 is 39.2. The number of nitrogens with zero attached hydrogens (tertiary/aromatic N) is 3. The second-order valence-electron chi connectivity index (χ2n) is 8.69. The molecule has 10 nitrogen and oxygen atoms in total. The zero-order valence-electron chi connectivity index (χ0n) is 20.5. The van der Waals surface area contributed by atoms with Crippen LogP contribution in [-0.2, 0) is 29.4 Å². The first-order chi connectivity index (χ1) is 17.9. The number of nitrogens with one attached hydrogen (secondary N) is 2. The third-order valence-corrected chi connectivity index (χ3v) is 7.87. The lowest BCUT2D eigenvalue weighted by molar-refractivity contribution is 0.355. The second kappa shape index (κ2) is 10.2. The lowest BCUT2D eigenvalue weighted by Gasteiger charge is -2.29. The van der Waals surface area contributed by atoms with Crippen LogP contribution in [0.5, 0.6) is 11.5 Å². The standard InChI is InChI=1S/C26H27N5O5S/c1-35-23-14-21-22(15-24(23)36-2)29-26(30-25(21)32)31-12-9-17-6-7-20(13-18(17)16-31)37(33,34)28-11-8-19-5-3-4-10-27-19/h3-7,10,13-15,28H,8-9,11-12,16H2,1-2H3,(H,29,30,32). The molecule has 11 heteroatoms. The predicted molar refractivity (Wildman–Crippen MR) is 140 cm³/mol. The van der Waals surface area contributed by atoms with Crippen molar-refractivity contribution in [1.29, 1.82) is 0 Å². The molecule has 1 aliphatic rings. The maximum absolute atomic E-state index is 12.9. The molecule has 0 radical (unpaired) electrons. The van der Waals surface area contributed by atoms with Crippen molar-refractivity contribution in [3.05, 3.63) is 81.9 Å². The van der Waals surface area contributed by atoms with Crippen LogP contribution in [0.15, 0.2) is 64.4 Å². The van der Waals surface area contributed by atoms with E-state index in [0.717, 1.165) is 16.8 Å². The SMILES string of the molecule is COc1cc2[nH]c(N3CCc4ccc(S(=O)(=O)NCCc5ccccn5)cc4C3)nc(=O)c2cc1OC. The molecule has 4 aromatic rings. The van der Waals surface area contributed by atoms with E-state index in [4.69, 9.17) is 9.47 Å². The molecule has 3 heterocycles. The number of benzene rings is 2. The quantitative estimate of drug-likeness (QED) is 0.362. The lowest BCUT2D eigenvalue weighted by Crippen LogP contribution is -2.33. The van der Waals surface area contributed by atoms with Crippen LogP contribution in [0.3, 0.4) is 0 Å². The Morgan fingerprint density at radius 3 is 2.62 bits per heavy atom. The number of sulfonamides is 1. The van der Waals surface area contributed by atoms with Gasteiger partial charge < -0.3 is 19.4 Å². The van der Waals surface area contributed by atoms with Crippen molar-refractivity contribution >= 4 is 26.9 Å². The molecule has 0 bridgehead atoms. The summed E-state index contributed by atoms with van der Waals surface area (Å²) >= 11 is 0. The fourth-order valence-corrected chi connectivity index (χ4v) is 5.52. The summed E-state index contributed by atoms with van der Waals surface area (Å²) in [4.78, 5) is 26.6. The van der Waals surface area contributed by atoms with Gasteiger partial charge in [-0.1, -0.05) is 12.1 Å². The van der Waals surface area contributed by atoms with E-state index in [1.165, 1.54) is 14.2 Å². The van der Waals surface area contributed by atoms with Gasteiger partial charge in [0.15, 0.2) is 11.5 Å². The number of pyridine rings is 1. The van der Waals surface area contributed by atoms with Crippen LogP contribution in [0.4, 0.5) is 5.95 Å². The van der Waals surface area contributed by atoms with Gasteiger partial charge in [0.25, 0.3) is 5.56 Å². The summed E-state index contributed by atoms with van der Waals surface area (Å²) in [7, 11) is -0.650. The molecule has 192 valence electrons. The van der Waals surface area contributed by atoms with Crippen LogP contribution < -0.4 is 24.7 Å². The molecule has 0 spiro atoms. The largest absolute Gasteiger partial charge is 0.493 e. The predicted octanol–water partition coefficient (Wildman–Crippen LogP) is 2.42. The molecule has 0 saturated carbocycles. The first-order valence-corrected chi connectivity index (χ1v) is 13.3. The van der Waals surface area contributed by atoms with Crippen molar-refractivity contribution in [2.75, 3.05) is 32.2 Å². The summed E-state index contributed by atoms with van der Waals surface area (Å²) in [5.74, 6) is 1.36. The first kappa shape index (κ1) is 24.7. The number of hydrogen-bond acceptors (Lipinski definition) is 8. The third kappa shape index (κ3) is 5.13. The van der Waals surface area contributed by atoms with Crippen LogP contribution >= 0.6 is 0 Å². The number of rotatable bonds is 8. The minimum atomic E-state index is -3.69. The highest BCUT2D eigenvalue weighted by atomic mass is 32.2. The monoisotopic (exact) mass is 521 g/mol. The second-order valence-corrected chi connectivity index (χ2v) is 10.5. The molecule has 0 atom stereocenters. The molecule has 0 amide bonds. The van der Waals surface area contributed by atoms with E-state index in [9.17, 15) is 13.2 Å². The third-order valence-electron chi connectivity index (χ3n) is 6.41. The number of anilines is 1. The van der Waals surface area contributed by atoms with Crippen LogP contribution in [0.2, 0.25) is 0 Å². The normalized spacial score (nSPS) is 13.4. The summed E-state index contributed by atoms with van der Waals surface area (Å²) in [6.45, 7) is 1.29. The zero-order chi connectivity index (χ0) is 26.0. The Morgan fingerprint density at radius 2 is 1.86 bits per heavy atom. The summed E-state index contributed by atoms with van der Waals surface area (Å²) in [5.41, 5.74) is 2.95. The molecule has 1 aliphatic heterocycles. The molecular weight excluding hydrogens is 494 g/mol. The number of H-pyrrole nitrogens is 1. The average Bonchev–Trinajstić information content (AvgIpc) is 2.92. The van der Waals surface area contributed by atoms with Gasteiger partial charge in [-0.05, 0) is 47.9 Å². The maximum atomic E-state index is 12.9. The molecule has 0 fully saturated rings. The van der Waals surface area contributed by atoms with Gasteiger partial charge in [0.05, 0.1) is 30.0 Å². The van der Waals surface area contributed by atoms with E-state index in [-0.39, 0.29) is 17.0 Å². The van der Waals surface area contributed by atoms with Crippen molar-refractivity contribution in [3.63, 3.8) is 0 Å². The minimum Gasteiger partial charge on any atom is -0.493 e. The Morgan fingerprint density at radius 1 is 1.05 bits per heavy atom. The number of aromatic nitrogens is 3. The Kier molecular flexibility index (Phi) is 6.81. The highest BCUT2D eigenvalue weighted by Gasteiger charge is 2.23. The Balaban J connectivity index is 1.37. The van der Waals surface area contributed by atoms with Crippen LogP contribution in [-0.4, -0.2) is 50.7 Å². The van der Waals surface area contributed by atoms with Crippen molar-refractivity contribution in [2.24, 2.45) is 0 Å². The van der Waals surface area contributed by atoms with Gasteiger partial charge in [0.2, 0.25) is 16.0 Å². The fraction of sp³-hybridized carbons (Fsp3) is 0.269. The summed E-state index contributed by atoms with van der Waals surface area (Å²) in [5, 5.41) is 0.393. The molecule has 2 aromatic carbocycles. The van der Waals surface area contributed by atoms with Gasteiger partial charge in [-0.2, -0.15) is 4.98 Å². The van der Waals surface area contributed by atoms with Gasteiger partial charge in [-0.15, -0.1) is 0 Å². The number of methoxy groups -OCH3 is 2. The summed E-state index contributed by atoms with van der Waals surface area (Å²) in [6.07, 6.45) is 2.87. The molecule has 2 N–H and O–H groups in total. The van der Waals surface area contributed by atoms with Gasteiger partial charge >= 0.3 is 0 Å². The van der Waals surface area contributed by atoms with Gasteiger partial charge in [0, 0.05) is 44.0 Å². The molecule has 0 unspecified atom stereocenters. The van der Waals surface area contributed by atoms with E-state index >= 15 is 0 Å². The van der Waals surface area contributed by atoms with Crippen LogP contribution in [0.25, 0.3) is 10.9 Å². The van der Waals surface area contributed by atoms with Crippen molar-refractivity contribution in [2.45, 2.75) is 24.3 Å². The van der Waals surface area contributed by atoms with E-state index < -0.39 is 10.0 Å². The molecule has 2 aromatic heterocycles. The number of hydrogen-bond donors (Lipinski definition) is 2. The zero-order valence-corrected chi connectivity index (χ0v) is 21.3. The molecular formula is C26H27N5O5S. The van der Waals surface area contributed by atoms with E-state index in [2.05, 4.69) is 19.7 Å². The van der Waals surface area contributed by atoms with Crippen LogP contribution in [0.1, 0.15) is 16.8 Å². The fourth-order valence-electron chi connectivity index (χ4n) is 4.44. The van der Waals surface area contributed by atoms with Gasteiger partial charge in [-0.25, -0.2) is 13.1 Å². The smallest absolute Gasteiger partial charge is 0.282 e. The lowest BCUT2D eigenvalue weighted by atomic mass is 10.0. The first-order valence-electron chi connectivity index (χ1n) is 11.8. The number of aromatic amines is 1. The molecule has 0 saturated heterocycles. The van der Waals surface area contributed by atoms with E-state index in [1.807, 2.05) is 29.2 Å².